The van der Waals surface area contributed by atoms with E-state index in [1.807, 2.05) is 4.72 Å². The lowest BCUT2D eigenvalue weighted by Crippen LogP contribution is -2.32. The first-order chi connectivity index (χ1) is 11.8. The number of benzene rings is 2. The van der Waals surface area contributed by atoms with Crippen molar-refractivity contribution >= 4 is 21.7 Å². The summed E-state index contributed by atoms with van der Waals surface area (Å²) < 4.78 is 36.3. The van der Waals surface area contributed by atoms with Crippen LogP contribution in [0.2, 0.25) is 0 Å². The highest BCUT2D eigenvalue weighted by Crippen LogP contribution is 2.25. The summed E-state index contributed by atoms with van der Waals surface area (Å²) >= 11 is 0. The predicted molar refractivity (Wildman–Crippen MR) is 86.9 cm³/mol. The van der Waals surface area contributed by atoms with Crippen LogP contribution in [0.5, 0.6) is 11.5 Å². The van der Waals surface area contributed by atoms with E-state index in [9.17, 15) is 23.3 Å². The van der Waals surface area contributed by atoms with Gasteiger partial charge in [-0.05, 0) is 18.2 Å². The van der Waals surface area contributed by atoms with Crippen molar-refractivity contribution in [3.05, 3.63) is 58.6 Å². The number of methoxy groups -OCH3 is 1. The van der Waals surface area contributed by atoms with Gasteiger partial charge in [-0.3, -0.25) is 14.9 Å². The van der Waals surface area contributed by atoms with Crippen molar-refractivity contribution in [3.63, 3.8) is 0 Å². The highest BCUT2D eigenvalue weighted by atomic mass is 32.2. The topological polar surface area (TPSA) is 125 Å². The smallest absolute Gasteiger partial charge is 0.326 e. The lowest BCUT2D eigenvalue weighted by molar-refractivity contribution is -0.385. The van der Waals surface area contributed by atoms with Crippen molar-refractivity contribution in [2.75, 3.05) is 13.7 Å². The van der Waals surface area contributed by atoms with Crippen molar-refractivity contribution < 1.29 is 27.6 Å². The number of hydrogen-bond acceptors (Lipinski definition) is 7. The van der Waals surface area contributed by atoms with Crippen LogP contribution in [-0.4, -0.2) is 33.0 Å². The summed E-state index contributed by atoms with van der Waals surface area (Å²) in [7, 11) is -2.71. The molecule has 0 spiro atoms. The number of non-ortho nitro benzene ring substituents is 1. The van der Waals surface area contributed by atoms with Crippen molar-refractivity contribution in [1.29, 1.82) is 0 Å². The van der Waals surface area contributed by atoms with Gasteiger partial charge in [0.1, 0.15) is 6.54 Å². The molecule has 0 heterocycles. The number of rotatable bonds is 7. The molecule has 0 radical (unpaired) electrons. The third-order valence-electron chi connectivity index (χ3n) is 3.04. The Morgan fingerprint density at radius 2 is 1.84 bits per heavy atom. The number of nitro benzene ring substituents is 1. The second-order valence-corrected chi connectivity index (χ2v) is 6.47. The van der Waals surface area contributed by atoms with E-state index >= 15 is 0 Å². The van der Waals surface area contributed by atoms with Gasteiger partial charge in [-0.25, -0.2) is 8.42 Å². The van der Waals surface area contributed by atoms with Gasteiger partial charge >= 0.3 is 5.97 Å². The first-order valence-corrected chi connectivity index (χ1v) is 8.39. The SMILES string of the molecule is COc1ccccc1OC(=O)CNS(=O)(=O)c1cccc([N+](=O)[O-])c1. The van der Waals surface area contributed by atoms with Crippen molar-refractivity contribution in [2.45, 2.75) is 4.90 Å². The fourth-order valence-electron chi connectivity index (χ4n) is 1.86. The maximum absolute atomic E-state index is 12.1. The summed E-state index contributed by atoms with van der Waals surface area (Å²) in [5, 5.41) is 10.7. The van der Waals surface area contributed by atoms with Crippen LogP contribution in [0.1, 0.15) is 0 Å². The van der Waals surface area contributed by atoms with E-state index in [0.29, 0.717) is 5.75 Å². The molecule has 0 amide bonds. The third kappa shape index (κ3) is 4.75. The molecule has 2 aromatic carbocycles. The second-order valence-electron chi connectivity index (χ2n) is 4.70. The molecule has 132 valence electrons. The fourth-order valence-corrected chi connectivity index (χ4v) is 2.87. The van der Waals surface area contributed by atoms with Crippen LogP contribution in [0.4, 0.5) is 5.69 Å². The number of sulfonamides is 1. The lowest BCUT2D eigenvalue weighted by Gasteiger charge is -2.09. The molecule has 0 saturated heterocycles. The lowest BCUT2D eigenvalue weighted by atomic mass is 10.3. The van der Waals surface area contributed by atoms with Crippen molar-refractivity contribution in [3.8, 4) is 11.5 Å². The van der Waals surface area contributed by atoms with E-state index in [4.69, 9.17) is 9.47 Å². The van der Waals surface area contributed by atoms with Gasteiger partial charge < -0.3 is 9.47 Å². The summed E-state index contributed by atoms with van der Waals surface area (Å²) in [6, 6.07) is 10.9. The molecule has 0 aliphatic carbocycles. The van der Waals surface area contributed by atoms with E-state index in [2.05, 4.69) is 0 Å². The van der Waals surface area contributed by atoms with Gasteiger partial charge in [-0.2, -0.15) is 4.72 Å². The highest BCUT2D eigenvalue weighted by molar-refractivity contribution is 7.89. The largest absolute Gasteiger partial charge is 0.493 e. The maximum atomic E-state index is 12.1. The van der Waals surface area contributed by atoms with E-state index in [-0.39, 0.29) is 16.3 Å². The molecule has 0 aromatic heterocycles. The standard InChI is InChI=1S/C15H14N2O7S/c1-23-13-7-2-3-8-14(13)24-15(18)10-16-25(21,22)12-6-4-5-11(9-12)17(19)20/h2-9,16H,10H2,1H3. The first kappa shape index (κ1) is 18.4. The van der Waals surface area contributed by atoms with E-state index in [1.165, 1.54) is 25.3 Å². The zero-order valence-corrected chi connectivity index (χ0v) is 13.9. The number of ether oxygens (including phenoxy) is 2. The molecule has 0 aliphatic rings. The minimum atomic E-state index is -4.11. The monoisotopic (exact) mass is 366 g/mol. The number of nitrogens with one attached hydrogen (secondary N) is 1. The molecule has 10 heteroatoms. The molecule has 1 N–H and O–H groups in total. The Morgan fingerprint density at radius 3 is 2.48 bits per heavy atom. The molecule has 0 bridgehead atoms. The van der Waals surface area contributed by atoms with Crippen molar-refractivity contribution in [1.82, 2.24) is 4.72 Å². The van der Waals surface area contributed by atoms with E-state index in [0.717, 1.165) is 12.1 Å². The van der Waals surface area contributed by atoms with Crippen LogP contribution >= 0.6 is 0 Å². The van der Waals surface area contributed by atoms with Crippen LogP contribution in [0, 0.1) is 10.1 Å². The number of esters is 1. The Kier molecular flexibility index (Phi) is 5.67. The summed E-state index contributed by atoms with van der Waals surface area (Å²) in [4.78, 5) is 21.5. The Bertz CT molecular complexity index is 896. The number of para-hydroxylation sites is 2. The number of nitrogens with zero attached hydrogens (tertiary/aromatic N) is 1. The highest BCUT2D eigenvalue weighted by Gasteiger charge is 2.19. The Morgan fingerprint density at radius 1 is 1.16 bits per heavy atom. The quantitative estimate of drug-likeness (QED) is 0.340. The van der Waals surface area contributed by atoms with Crippen LogP contribution in [0.25, 0.3) is 0 Å². The molecule has 0 fully saturated rings. The van der Waals surface area contributed by atoms with Crippen LogP contribution in [0.3, 0.4) is 0 Å². The Hall–Kier alpha value is -2.98. The third-order valence-corrected chi connectivity index (χ3v) is 4.44. The number of carbonyl (C=O) groups excluding carboxylic acids is 1. The van der Waals surface area contributed by atoms with Gasteiger partial charge in [0.2, 0.25) is 10.0 Å². The fraction of sp³-hybridized carbons (Fsp3) is 0.133. The Balaban J connectivity index is 2.05. The van der Waals surface area contributed by atoms with Crippen LogP contribution in [-0.2, 0) is 14.8 Å². The molecule has 0 unspecified atom stereocenters. The van der Waals surface area contributed by atoms with Gasteiger partial charge in [-0.1, -0.05) is 18.2 Å². The average molecular weight is 366 g/mol. The Labute approximate surface area is 143 Å². The molecule has 0 aliphatic heterocycles. The molecule has 9 nitrogen and oxygen atoms in total. The van der Waals surface area contributed by atoms with E-state index < -0.39 is 27.5 Å². The second kappa shape index (κ2) is 7.73. The molecular weight excluding hydrogens is 352 g/mol. The average Bonchev–Trinajstić information content (AvgIpc) is 2.60. The molecule has 2 aromatic rings. The minimum absolute atomic E-state index is 0.143. The predicted octanol–water partition coefficient (Wildman–Crippen LogP) is 1.49. The molecular formula is C15H14N2O7S. The first-order valence-electron chi connectivity index (χ1n) is 6.91. The summed E-state index contributed by atoms with van der Waals surface area (Å²) in [5.41, 5.74) is -0.375. The van der Waals surface area contributed by atoms with Gasteiger partial charge in [0.25, 0.3) is 5.69 Å². The zero-order valence-electron chi connectivity index (χ0n) is 13.0. The van der Waals surface area contributed by atoms with Crippen molar-refractivity contribution in [2.24, 2.45) is 0 Å². The van der Waals surface area contributed by atoms with E-state index in [1.54, 1.807) is 18.2 Å². The van der Waals surface area contributed by atoms with Gasteiger partial charge in [0.15, 0.2) is 11.5 Å². The van der Waals surface area contributed by atoms with Gasteiger partial charge in [0, 0.05) is 12.1 Å². The maximum Gasteiger partial charge on any atom is 0.326 e. The summed E-state index contributed by atoms with van der Waals surface area (Å²) in [6.45, 7) is -0.650. The molecule has 25 heavy (non-hydrogen) atoms. The van der Waals surface area contributed by atoms with Gasteiger partial charge in [-0.15, -0.1) is 0 Å². The number of hydrogen-bond donors (Lipinski definition) is 1. The van der Waals surface area contributed by atoms with Crippen LogP contribution < -0.4 is 14.2 Å². The summed E-state index contributed by atoms with van der Waals surface area (Å²) in [5.74, 6) is -0.402. The van der Waals surface area contributed by atoms with Gasteiger partial charge in [0.05, 0.1) is 16.9 Å². The summed E-state index contributed by atoms with van der Waals surface area (Å²) in [6.07, 6.45) is 0. The van der Waals surface area contributed by atoms with Crippen LogP contribution in [0.15, 0.2) is 53.4 Å². The molecule has 0 atom stereocenters. The zero-order chi connectivity index (χ0) is 18.4. The molecule has 2 rings (SSSR count). The number of nitro groups is 1. The normalized spacial score (nSPS) is 10.9. The number of carbonyl (C=O) groups is 1. The molecule has 0 saturated carbocycles. The minimum Gasteiger partial charge on any atom is -0.493 e.